The molecular formula is C58H115NO3. The SMILES string of the molecule is CCCCCCCCCCCCCCCCCC1=NC(COC(CCC)CCCCCCCCCCCCCC)(COC(CCC)CCCCCCCCCCCCCC)CO1. The first kappa shape index (κ1) is 59.4. The highest BCUT2D eigenvalue weighted by molar-refractivity contribution is 5.78. The maximum atomic E-state index is 6.85. The zero-order valence-corrected chi connectivity index (χ0v) is 43.5. The molecule has 0 radical (unpaired) electrons. The van der Waals surface area contributed by atoms with Gasteiger partial charge in [0.25, 0.3) is 0 Å². The summed E-state index contributed by atoms with van der Waals surface area (Å²) in [6, 6.07) is 0. The van der Waals surface area contributed by atoms with Crippen molar-refractivity contribution >= 4 is 5.90 Å². The number of ether oxygens (including phenoxy) is 3. The van der Waals surface area contributed by atoms with Crippen molar-refractivity contribution < 1.29 is 14.2 Å². The molecule has 0 bridgehead atoms. The molecule has 1 aliphatic heterocycles. The van der Waals surface area contributed by atoms with E-state index in [9.17, 15) is 0 Å². The summed E-state index contributed by atoms with van der Waals surface area (Å²) in [6.45, 7) is 13.4. The van der Waals surface area contributed by atoms with E-state index in [0.717, 1.165) is 25.2 Å². The van der Waals surface area contributed by atoms with E-state index in [1.165, 1.54) is 276 Å². The Bertz CT molecular complexity index is 863. The molecule has 1 heterocycles. The minimum Gasteiger partial charge on any atom is -0.478 e. The Morgan fingerprint density at radius 2 is 0.629 bits per heavy atom. The van der Waals surface area contributed by atoms with Crippen LogP contribution < -0.4 is 0 Å². The molecule has 4 nitrogen and oxygen atoms in total. The molecule has 0 aromatic carbocycles. The van der Waals surface area contributed by atoms with Gasteiger partial charge in [-0.1, -0.05) is 291 Å². The van der Waals surface area contributed by atoms with Crippen molar-refractivity contribution in [3.63, 3.8) is 0 Å². The van der Waals surface area contributed by atoms with Crippen molar-refractivity contribution in [3.05, 3.63) is 0 Å². The van der Waals surface area contributed by atoms with Crippen LogP contribution in [0.15, 0.2) is 4.99 Å². The van der Waals surface area contributed by atoms with Gasteiger partial charge >= 0.3 is 0 Å². The van der Waals surface area contributed by atoms with Gasteiger partial charge in [0.2, 0.25) is 0 Å². The van der Waals surface area contributed by atoms with Crippen LogP contribution in [0.3, 0.4) is 0 Å². The highest BCUT2D eigenvalue weighted by Gasteiger charge is 2.39. The number of unbranched alkanes of at least 4 members (excludes halogenated alkanes) is 36. The second kappa shape index (κ2) is 46.9. The summed E-state index contributed by atoms with van der Waals surface area (Å²) in [5, 5.41) is 0. The molecule has 0 amide bonds. The van der Waals surface area contributed by atoms with Crippen molar-refractivity contribution in [1.82, 2.24) is 0 Å². The zero-order chi connectivity index (χ0) is 44.7. The molecule has 370 valence electrons. The molecule has 62 heavy (non-hydrogen) atoms. The van der Waals surface area contributed by atoms with Crippen LogP contribution in [0.25, 0.3) is 0 Å². The summed E-state index contributed by atoms with van der Waals surface area (Å²) in [5.74, 6) is 0.966. The highest BCUT2D eigenvalue weighted by Crippen LogP contribution is 2.27. The fourth-order valence-electron chi connectivity index (χ4n) is 9.75. The molecule has 0 fully saturated rings. The first-order valence-electron chi connectivity index (χ1n) is 29.1. The molecule has 2 unspecified atom stereocenters. The lowest BCUT2D eigenvalue weighted by molar-refractivity contribution is -0.0470. The van der Waals surface area contributed by atoms with Gasteiger partial charge in [-0.15, -0.1) is 0 Å². The Kier molecular flexibility index (Phi) is 44.9. The third-order valence-corrected chi connectivity index (χ3v) is 14.0. The monoisotopic (exact) mass is 874 g/mol. The van der Waals surface area contributed by atoms with Crippen LogP contribution in [0.5, 0.6) is 0 Å². The van der Waals surface area contributed by atoms with Crippen molar-refractivity contribution in [1.29, 1.82) is 0 Å². The molecule has 0 aromatic rings. The Hall–Kier alpha value is -0.610. The van der Waals surface area contributed by atoms with Crippen LogP contribution in [0.4, 0.5) is 0 Å². The first-order chi connectivity index (χ1) is 30.6. The van der Waals surface area contributed by atoms with E-state index >= 15 is 0 Å². The maximum absolute atomic E-state index is 6.85. The minimum absolute atomic E-state index is 0.322. The Morgan fingerprint density at radius 1 is 0.355 bits per heavy atom. The number of hydrogen-bond acceptors (Lipinski definition) is 4. The number of rotatable bonds is 52. The van der Waals surface area contributed by atoms with Crippen LogP contribution >= 0.6 is 0 Å². The quantitative estimate of drug-likeness (QED) is 0.0572. The summed E-state index contributed by atoms with van der Waals surface area (Å²) in [5.41, 5.74) is -0.393. The summed E-state index contributed by atoms with van der Waals surface area (Å²) in [6.07, 6.45) is 63.1. The van der Waals surface area contributed by atoms with E-state index in [2.05, 4.69) is 34.6 Å². The molecular weight excluding hydrogens is 759 g/mol. The van der Waals surface area contributed by atoms with E-state index in [4.69, 9.17) is 19.2 Å². The van der Waals surface area contributed by atoms with E-state index < -0.39 is 5.54 Å². The van der Waals surface area contributed by atoms with E-state index in [1.807, 2.05) is 0 Å². The van der Waals surface area contributed by atoms with Gasteiger partial charge in [0.1, 0.15) is 12.1 Å². The van der Waals surface area contributed by atoms with Gasteiger partial charge < -0.3 is 14.2 Å². The Labute approximate surface area is 391 Å². The molecule has 0 aromatic heterocycles. The molecule has 0 spiro atoms. The fourth-order valence-corrected chi connectivity index (χ4v) is 9.75. The van der Waals surface area contributed by atoms with Crippen molar-refractivity contribution in [2.24, 2.45) is 4.99 Å². The van der Waals surface area contributed by atoms with Crippen molar-refractivity contribution in [2.45, 2.75) is 348 Å². The van der Waals surface area contributed by atoms with Crippen molar-refractivity contribution in [3.8, 4) is 0 Å². The highest BCUT2D eigenvalue weighted by atomic mass is 16.5. The third-order valence-electron chi connectivity index (χ3n) is 14.0. The molecule has 1 aliphatic rings. The molecule has 0 saturated heterocycles. The average Bonchev–Trinajstić information content (AvgIpc) is 3.69. The summed E-state index contributed by atoms with van der Waals surface area (Å²) in [4.78, 5) is 5.36. The molecule has 4 heteroatoms. The maximum Gasteiger partial charge on any atom is 0.184 e. The summed E-state index contributed by atoms with van der Waals surface area (Å²) >= 11 is 0. The Balaban J connectivity index is 2.55. The first-order valence-corrected chi connectivity index (χ1v) is 29.1. The smallest absolute Gasteiger partial charge is 0.184 e. The predicted octanol–water partition coefficient (Wildman–Crippen LogP) is 20.0. The fraction of sp³-hybridized carbons (Fsp3) is 0.983. The lowest BCUT2D eigenvalue weighted by Crippen LogP contribution is -2.42. The lowest BCUT2D eigenvalue weighted by atomic mass is 10.0. The van der Waals surface area contributed by atoms with Crippen LogP contribution in [0.2, 0.25) is 0 Å². The van der Waals surface area contributed by atoms with E-state index in [1.54, 1.807) is 0 Å². The van der Waals surface area contributed by atoms with Gasteiger partial charge in [-0.05, 0) is 32.1 Å². The zero-order valence-electron chi connectivity index (χ0n) is 43.5. The number of aliphatic imine (C=N–C) groups is 1. The molecule has 2 atom stereocenters. The number of nitrogens with zero attached hydrogens (tertiary/aromatic N) is 1. The van der Waals surface area contributed by atoms with Crippen LogP contribution in [0.1, 0.15) is 330 Å². The molecule has 0 N–H and O–H groups in total. The van der Waals surface area contributed by atoms with E-state index in [-0.39, 0.29) is 0 Å². The van der Waals surface area contributed by atoms with Gasteiger partial charge in [-0.25, -0.2) is 4.99 Å². The standard InChI is InChI=1S/C58H115NO3/c1-6-11-14-17-20-23-26-29-30-31-34-37-40-43-46-51-57-59-58(54-62-57,52-60-55(47-9-4)49-44-41-38-35-32-27-24-21-18-15-12-7-2)53-61-56(48-10-5)50-45-42-39-36-33-28-25-22-19-16-13-8-3/h55-56H,6-54H2,1-5H3. The van der Waals surface area contributed by atoms with Gasteiger partial charge in [0, 0.05) is 6.42 Å². The predicted molar refractivity (Wildman–Crippen MR) is 276 cm³/mol. The van der Waals surface area contributed by atoms with Crippen molar-refractivity contribution in [2.75, 3.05) is 19.8 Å². The molecule has 1 rings (SSSR count). The van der Waals surface area contributed by atoms with Crippen LogP contribution in [-0.4, -0.2) is 43.5 Å². The van der Waals surface area contributed by atoms with Gasteiger partial charge in [-0.2, -0.15) is 0 Å². The second-order valence-corrected chi connectivity index (χ2v) is 20.5. The summed E-state index contributed by atoms with van der Waals surface area (Å²) in [7, 11) is 0. The third kappa shape index (κ3) is 37.6. The van der Waals surface area contributed by atoms with Gasteiger partial charge in [0.05, 0.1) is 25.4 Å². The Morgan fingerprint density at radius 3 is 0.919 bits per heavy atom. The largest absolute Gasteiger partial charge is 0.478 e. The van der Waals surface area contributed by atoms with Gasteiger partial charge in [0.15, 0.2) is 5.90 Å². The topological polar surface area (TPSA) is 40.0 Å². The van der Waals surface area contributed by atoms with Gasteiger partial charge in [-0.3, -0.25) is 0 Å². The normalized spacial score (nSPS) is 16.2. The molecule has 0 aliphatic carbocycles. The van der Waals surface area contributed by atoms with Crippen LogP contribution in [0, 0.1) is 0 Å². The van der Waals surface area contributed by atoms with E-state index in [0.29, 0.717) is 32.0 Å². The summed E-state index contributed by atoms with van der Waals surface area (Å²) < 4.78 is 20.1. The lowest BCUT2D eigenvalue weighted by Gasteiger charge is -2.29. The second-order valence-electron chi connectivity index (χ2n) is 20.5. The minimum atomic E-state index is -0.393. The number of hydrogen-bond donors (Lipinski definition) is 0. The average molecular weight is 875 g/mol. The van der Waals surface area contributed by atoms with Crippen LogP contribution in [-0.2, 0) is 14.2 Å². The molecule has 0 saturated carbocycles.